The summed E-state index contributed by atoms with van der Waals surface area (Å²) >= 11 is 3.09. The van der Waals surface area contributed by atoms with Gasteiger partial charge < -0.3 is 13.9 Å². The van der Waals surface area contributed by atoms with Crippen LogP contribution in [-0.4, -0.2) is 25.0 Å². The SMILES string of the molecule is O=C(COC(=O)c1ccc(Br)o1)c1ccc2c(c1)CCO2. The smallest absolute Gasteiger partial charge is 0.374 e. The lowest BCUT2D eigenvalue weighted by atomic mass is 10.1. The molecule has 0 unspecified atom stereocenters. The fourth-order valence-corrected chi connectivity index (χ4v) is 2.38. The van der Waals surface area contributed by atoms with Gasteiger partial charge in [0.25, 0.3) is 0 Å². The van der Waals surface area contributed by atoms with Crippen LogP contribution in [0, 0.1) is 0 Å². The second kappa shape index (κ2) is 5.73. The minimum Gasteiger partial charge on any atom is -0.493 e. The van der Waals surface area contributed by atoms with E-state index in [1.165, 1.54) is 6.07 Å². The average molecular weight is 351 g/mol. The largest absolute Gasteiger partial charge is 0.493 e. The van der Waals surface area contributed by atoms with Crippen molar-refractivity contribution in [3.05, 3.63) is 51.9 Å². The number of halogens is 1. The van der Waals surface area contributed by atoms with Crippen LogP contribution in [-0.2, 0) is 11.2 Å². The van der Waals surface area contributed by atoms with Crippen molar-refractivity contribution in [3.63, 3.8) is 0 Å². The summed E-state index contributed by atoms with van der Waals surface area (Å²) in [6.07, 6.45) is 0.788. The molecule has 0 atom stereocenters. The monoisotopic (exact) mass is 350 g/mol. The normalized spacial score (nSPS) is 12.6. The van der Waals surface area contributed by atoms with Crippen molar-refractivity contribution in [1.82, 2.24) is 0 Å². The molecule has 1 aliphatic heterocycles. The van der Waals surface area contributed by atoms with Gasteiger partial charge in [-0.2, -0.15) is 0 Å². The number of Topliss-reactive ketones (excluding diaryl/α,β-unsaturated/α-hetero) is 1. The van der Waals surface area contributed by atoms with Crippen molar-refractivity contribution in [2.45, 2.75) is 6.42 Å². The molecule has 0 amide bonds. The topological polar surface area (TPSA) is 65.7 Å². The predicted octanol–water partition coefficient (Wildman–Crippen LogP) is 3.02. The molecular weight excluding hydrogens is 340 g/mol. The number of esters is 1. The predicted molar refractivity (Wildman–Crippen MR) is 76.7 cm³/mol. The molecule has 21 heavy (non-hydrogen) atoms. The molecule has 0 N–H and O–H groups in total. The lowest BCUT2D eigenvalue weighted by Gasteiger charge is -2.04. The molecule has 0 saturated heterocycles. The molecule has 108 valence electrons. The first-order chi connectivity index (χ1) is 10.1. The Morgan fingerprint density at radius 3 is 2.86 bits per heavy atom. The van der Waals surface area contributed by atoms with Crippen molar-refractivity contribution in [2.75, 3.05) is 13.2 Å². The Morgan fingerprint density at radius 1 is 1.24 bits per heavy atom. The molecule has 0 bridgehead atoms. The maximum absolute atomic E-state index is 12.0. The first kappa shape index (κ1) is 13.9. The number of carbonyl (C=O) groups is 2. The minimum absolute atomic E-state index is 0.0528. The van der Waals surface area contributed by atoms with Crippen LogP contribution in [0.25, 0.3) is 0 Å². The highest BCUT2D eigenvalue weighted by Gasteiger charge is 2.17. The fourth-order valence-electron chi connectivity index (χ4n) is 2.07. The molecule has 1 aromatic heterocycles. The van der Waals surface area contributed by atoms with Crippen LogP contribution >= 0.6 is 15.9 Å². The van der Waals surface area contributed by atoms with Gasteiger partial charge in [-0.3, -0.25) is 4.79 Å². The van der Waals surface area contributed by atoms with Crippen LogP contribution < -0.4 is 4.74 Å². The first-order valence-corrected chi connectivity index (χ1v) is 7.14. The summed E-state index contributed by atoms with van der Waals surface area (Å²) in [5.74, 6) is -0.0665. The zero-order valence-corrected chi connectivity index (χ0v) is 12.5. The van der Waals surface area contributed by atoms with E-state index in [2.05, 4.69) is 15.9 Å². The molecule has 0 saturated carbocycles. The van der Waals surface area contributed by atoms with Crippen molar-refractivity contribution in [1.29, 1.82) is 0 Å². The number of carbonyl (C=O) groups excluding carboxylic acids is 2. The number of fused-ring (bicyclic) bond motifs is 1. The van der Waals surface area contributed by atoms with Crippen molar-refractivity contribution >= 4 is 27.7 Å². The third kappa shape index (κ3) is 3.00. The number of benzene rings is 1. The van der Waals surface area contributed by atoms with Crippen molar-refractivity contribution in [2.24, 2.45) is 0 Å². The maximum atomic E-state index is 12.0. The van der Waals surface area contributed by atoms with Crippen LogP contribution in [0.15, 0.2) is 39.4 Å². The maximum Gasteiger partial charge on any atom is 0.374 e. The Labute approximate surface area is 129 Å². The summed E-state index contributed by atoms with van der Waals surface area (Å²) < 4.78 is 15.8. The molecule has 2 aromatic rings. The summed E-state index contributed by atoms with van der Waals surface area (Å²) in [4.78, 5) is 23.7. The van der Waals surface area contributed by atoms with Gasteiger partial charge in [0.1, 0.15) is 5.75 Å². The number of hydrogen-bond acceptors (Lipinski definition) is 5. The molecule has 0 fully saturated rings. The quantitative estimate of drug-likeness (QED) is 0.626. The lowest BCUT2D eigenvalue weighted by Crippen LogP contribution is -2.14. The van der Waals surface area contributed by atoms with Crippen molar-refractivity contribution in [3.8, 4) is 5.75 Å². The van der Waals surface area contributed by atoms with Crippen LogP contribution in [0.1, 0.15) is 26.5 Å². The van der Waals surface area contributed by atoms with Gasteiger partial charge in [0, 0.05) is 12.0 Å². The highest BCUT2D eigenvalue weighted by atomic mass is 79.9. The Hall–Kier alpha value is -2.08. The Morgan fingerprint density at radius 2 is 2.10 bits per heavy atom. The van der Waals surface area contributed by atoms with Crippen LogP contribution in [0.2, 0.25) is 0 Å². The molecule has 2 heterocycles. The standard InChI is InChI=1S/C15H11BrO5/c16-14-4-3-13(21-14)15(18)20-8-11(17)9-1-2-12-10(7-9)5-6-19-12/h1-4,7H,5-6,8H2. The van der Waals surface area contributed by atoms with Gasteiger partial charge in [-0.05, 0) is 51.8 Å². The summed E-state index contributed by atoms with van der Waals surface area (Å²) in [5.41, 5.74) is 1.51. The summed E-state index contributed by atoms with van der Waals surface area (Å²) in [6, 6.07) is 8.27. The zero-order valence-electron chi connectivity index (χ0n) is 10.9. The van der Waals surface area contributed by atoms with Gasteiger partial charge in [0.15, 0.2) is 17.1 Å². The Bertz CT molecular complexity index is 704. The fraction of sp³-hybridized carbons (Fsp3) is 0.200. The van der Waals surface area contributed by atoms with Crippen molar-refractivity contribution < 1.29 is 23.5 Å². The molecule has 5 nitrogen and oxygen atoms in total. The molecule has 0 spiro atoms. The van der Waals surface area contributed by atoms with E-state index in [4.69, 9.17) is 13.9 Å². The van der Waals surface area contributed by atoms with E-state index in [1.54, 1.807) is 24.3 Å². The van der Waals surface area contributed by atoms with Gasteiger partial charge in [0.2, 0.25) is 5.76 Å². The van der Waals surface area contributed by atoms with Gasteiger partial charge in [-0.25, -0.2) is 4.79 Å². The zero-order chi connectivity index (χ0) is 14.8. The molecule has 6 heteroatoms. The number of furan rings is 1. The molecule has 3 rings (SSSR count). The number of hydrogen-bond donors (Lipinski definition) is 0. The van der Waals surface area contributed by atoms with E-state index >= 15 is 0 Å². The highest BCUT2D eigenvalue weighted by molar-refractivity contribution is 9.10. The summed E-state index contributed by atoms with van der Waals surface area (Å²) in [5, 5.41) is 0. The molecule has 0 aliphatic carbocycles. The highest BCUT2D eigenvalue weighted by Crippen LogP contribution is 2.26. The van der Waals surface area contributed by atoms with Gasteiger partial charge in [-0.1, -0.05) is 0 Å². The van der Waals surface area contributed by atoms with E-state index in [0.29, 0.717) is 16.8 Å². The molecule has 1 aliphatic rings. The van der Waals surface area contributed by atoms with Gasteiger partial charge in [0.05, 0.1) is 6.61 Å². The third-order valence-corrected chi connectivity index (χ3v) is 3.55. The van der Waals surface area contributed by atoms with Gasteiger partial charge in [-0.15, -0.1) is 0 Å². The van der Waals surface area contributed by atoms with Crippen LogP contribution in [0.5, 0.6) is 5.75 Å². The van der Waals surface area contributed by atoms with E-state index < -0.39 is 5.97 Å². The molecular formula is C15H11BrO5. The Kier molecular flexibility index (Phi) is 3.79. The van der Waals surface area contributed by atoms with E-state index in [-0.39, 0.29) is 18.2 Å². The minimum atomic E-state index is -0.668. The summed E-state index contributed by atoms with van der Waals surface area (Å²) in [6.45, 7) is 0.312. The second-order valence-electron chi connectivity index (χ2n) is 4.52. The lowest BCUT2D eigenvalue weighted by molar-refractivity contribution is 0.0442. The number of ketones is 1. The summed E-state index contributed by atoms with van der Waals surface area (Å²) in [7, 11) is 0. The average Bonchev–Trinajstić information content (AvgIpc) is 3.12. The van der Waals surface area contributed by atoms with Crippen LogP contribution in [0.3, 0.4) is 0 Å². The second-order valence-corrected chi connectivity index (χ2v) is 5.31. The Balaban J connectivity index is 1.63. The molecule has 0 radical (unpaired) electrons. The van der Waals surface area contributed by atoms with E-state index in [1.807, 2.05) is 0 Å². The number of rotatable bonds is 4. The third-order valence-electron chi connectivity index (χ3n) is 3.12. The van der Waals surface area contributed by atoms with Gasteiger partial charge >= 0.3 is 5.97 Å². The van der Waals surface area contributed by atoms with E-state index in [9.17, 15) is 9.59 Å². The number of ether oxygens (including phenoxy) is 2. The van der Waals surface area contributed by atoms with E-state index in [0.717, 1.165) is 17.7 Å². The van der Waals surface area contributed by atoms with Crippen LogP contribution in [0.4, 0.5) is 0 Å². The first-order valence-electron chi connectivity index (χ1n) is 6.35. The molecule has 1 aromatic carbocycles.